The summed E-state index contributed by atoms with van der Waals surface area (Å²) in [6.07, 6.45) is -7.34. The molecule has 3 fully saturated rings. The van der Waals surface area contributed by atoms with Gasteiger partial charge in [0.25, 0.3) is 10.1 Å². The molecule has 16 heavy (non-hydrogen) atoms. The summed E-state index contributed by atoms with van der Waals surface area (Å²) in [4.78, 5) is 0. The molecule has 3 saturated heterocycles. The van der Waals surface area contributed by atoms with Crippen LogP contribution in [0.4, 0.5) is 13.2 Å². The predicted molar refractivity (Wildman–Crippen MR) is 45.0 cm³/mol. The van der Waals surface area contributed by atoms with E-state index in [0.29, 0.717) is 0 Å². The van der Waals surface area contributed by atoms with Crippen LogP contribution in [0.1, 0.15) is 6.92 Å². The van der Waals surface area contributed by atoms with Gasteiger partial charge in [0, 0.05) is 5.92 Å². The molecule has 8 heteroatoms. The van der Waals surface area contributed by atoms with E-state index in [4.69, 9.17) is 8.92 Å². The molecule has 2 bridgehead atoms. The molecular formula is C8H9F3O4S. The standard InChI is InChI=1S/C8H9F3O4S/c1-2-4-3(8(9,10)11)7-6(14-4)5(2)15-16(7,12)13/h2-7H,1H3. The first-order chi connectivity index (χ1) is 7.23. The van der Waals surface area contributed by atoms with Gasteiger partial charge in [-0.25, -0.2) is 0 Å². The monoisotopic (exact) mass is 258 g/mol. The fourth-order valence-electron chi connectivity index (χ4n) is 3.01. The average Bonchev–Trinajstić information content (AvgIpc) is 2.66. The van der Waals surface area contributed by atoms with Crippen LogP contribution >= 0.6 is 0 Å². The van der Waals surface area contributed by atoms with Crippen LogP contribution in [-0.2, 0) is 19.0 Å². The van der Waals surface area contributed by atoms with Gasteiger partial charge < -0.3 is 4.74 Å². The van der Waals surface area contributed by atoms with Crippen LogP contribution in [-0.4, -0.2) is 38.2 Å². The molecule has 4 nitrogen and oxygen atoms in total. The molecule has 3 rings (SSSR count). The lowest BCUT2D eigenvalue weighted by molar-refractivity contribution is -0.188. The smallest absolute Gasteiger partial charge is 0.370 e. The highest BCUT2D eigenvalue weighted by atomic mass is 32.2. The van der Waals surface area contributed by atoms with Gasteiger partial charge in [-0.2, -0.15) is 21.6 Å². The Labute approximate surface area is 89.8 Å². The molecular weight excluding hydrogens is 249 g/mol. The molecule has 0 spiro atoms. The maximum absolute atomic E-state index is 12.8. The van der Waals surface area contributed by atoms with Gasteiger partial charge in [-0.3, -0.25) is 4.18 Å². The van der Waals surface area contributed by atoms with Crippen LogP contribution in [0.5, 0.6) is 0 Å². The maximum atomic E-state index is 12.8. The van der Waals surface area contributed by atoms with Gasteiger partial charge in [-0.05, 0) is 0 Å². The second kappa shape index (κ2) is 2.73. The minimum absolute atomic E-state index is 0.537. The molecule has 6 atom stereocenters. The van der Waals surface area contributed by atoms with E-state index >= 15 is 0 Å². The lowest BCUT2D eigenvalue weighted by Crippen LogP contribution is -2.47. The third kappa shape index (κ3) is 1.10. The van der Waals surface area contributed by atoms with Crippen LogP contribution in [0.3, 0.4) is 0 Å². The second-order valence-electron chi connectivity index (χ2n) is 4.51. The molecule has 0 aromatic heterocycles. The highest BCUT2D eigenvalue weighted by molar-refractivity contribution is 7.87. The van der Waals surface area contributed by atoms with E-state index in [2.05, 4.69) is 0 Å². The van der Waals surface area contributed by atoms with Gasteiger partial charge in [0.15, 0.2) is 0 Å². The van der Waals surface area contributed by atoms with Crippen molar-refractivity contribution in [1.82, 2.24) is 0 Å². The topological polar surface area (TPSA) is 52.6 Å². The third-order valence-corrected chi connectivity index (χ3v) is 5.38. The first kappa shape index (κ1) is 10.8. The van der Waals surface area contributed by atoms with Crippen molar-refractivity contribution in [1.29, 1.82) is 0 Å². The van der Waals surface area contributed by atoms with Crippen molar-refractivity contribution in [3.8, 4) is 0 Å². The highest BCUT2D eigenvalue weighted by Crippen LogP contribution is 2.56. The van der Waals surface area contributed by atoms with Crippen molar-refractivity contribution in [2.24, 2.45) is 11.8 Å². The number of rotatable bonds is 0. The van der Waals surface area contributed by atoms with Gasteiger partial charge in [0.1, 0.15) is 23.4 Å². The number of halogens is 3. The summed E-state index contributed by atoms with van der Waals surface area (Å²) in [5, 5.41) is -1.57. The molecule has 3 heterocycles. The van der Waals surface area contributed by atoms with E-state index in [1.165, 1.54) is 6.92 Å². The Morgan fingerprint density at radius 2 is 1.75 bits per heavy atom. The zero-order valence-electron chi connectivity index (χ0n) is 8.14. The van der Waals surface area contributed by atoms with E-state index in [-0.39, 0.29) is 0 Å². The van der Waals surface area contributed by atoms with E-state index in [1.807, 2.05) is 0 Å². The summed E-state index contributed by atoms with van der Waals surface area (Å²) in [7, 11) is -4.14. The van der Waals surface area contributed by atoms with E-state index < -0.39 is 51.7 Å². The first-order valence-corrected chi connectivity index (χ1v) is 6.35. The summed E-state index contributed by atoms with van der Waals surface area (Å²) < 4.78 is 71.2. The molecule has 0 radical (unpaired) electrons. The van der Waals surface area contributed by atoms with Gasteiger partial charge in [0.2, 0.25) is 0 Å². The Kier molecular flexibility index (Phi) is 1.84. The SMILES string of the molecule is CC1C2OS(=O)(=O)C3C2OC1C3C(F)(F)F. The number of alkyl halides is 3. The quantitative estimate of drug-likeness (QED) is 0.599. The zero-order chi connectivity index (χ0) is 11.9. The Morgan fingerprint density at radius 3 is 2.31 bits per heavy atom. The highest BCUT2D eigenvalue weighted by Gasteiger charge is 2.74. The Morgan fingerprint density at radius 1 is 1.12 bits per heavy atom. The molecule has 0 aromatic carbocycles. The third-order valence-electron chi connectivity index (χ3n) is 3.66. The average molecular weight is 258 g/mol. The van der Waals surface area contributed by atoms with Gasteiger partial charge in [0.05, 0.1) is 6.10 Å². The Bertz CT molecular complexity index is 431. The molecule has 92 valence electrons. The number of hydrogen-bond donors (Lipinski definition) is 0. The van der Waals surface area contributed by atoms with Crippen molar-refractivity contribution in [3.63, 3.8) is 0 Å². The number of hydrogen-bond acceptors (Lipinski definition) is 4. The lowest BCUT2D eigenvalue weighted by atomic mass is 9.80. The second-order valence-corrected chi connectivity index (χ2v) is 6.23. The summed E-state index contributed by atoms with van der Waals surface area (Å²) in [6.45, 7) is 1.53. The molecule has 3 aliphatic rings. The van der Waals surface area contributed by atoms with Crippen LogP contribution in [0.25, 0.3) is 0 Å². The molecule has 0 saturated carbocycles. The van der Waals surface area contributed by atoms with Crippen LogP contribution in [0.15, 0.2) is 0 Å². The molecule has 3 aliphatic heterocycles. The normalized spacial score (nSPS) is 53.5. The first-order valence-electron chi connectivity index (χ1n) is 4.88. The van der Waals surface area contributed by atoms with Gasteiger partial charge in [-0.15, -0.1) is 0 Å². The largest absolute Gasteiger partial charge is 0.395 e. The molecule has 0 aliphatic carbocycles. The minimum Gasteiger partial charge on any atom is -0.370 e. The number of fused-ring (bicyclic) bond motifs is 1. The van der Waals surface area contributed by atoms with Crippen molar-refractivity contribution >= 4 is 10.1 Å². The summed E-state index contributed by atoms with van der Waals surface area (Å²) in [5.41, 5.74) is 0. The molecule has 0 N–H and O–H groups in total. The molecule has 0 aromatic rings. The fraction of sp³-hybridized carbons (Fsp3) is 1.00. The lowest BCUT2D eigenvalue weighted by Gasteiger charge is -2.27. The van der Waals surface area contributed by atoms with Gasteiger partial charge in [-0.1, -0.05) is 6.92 Å². The van der Waals surface area contributed by atoms with Crippen LogP contribution in [0.2, 0.25) is 0 Å². The van der Waals surface area contributed by atoms with E-state index in [1.54, 1.807) is 0 Å². The van der Waals surface area contributed by atoms with Crippen molar-refractivity contribution < 1.29 is 30.5 Å². The van der Waals surface area contributed by atoms with E-state index in [9.17, 15) is 21.6 Å². The van der Waals surface area contributed by atoms with Crippen molar-refractivity contribution in [2.75, 3.05) is 0 Å². The van der Waals surface area contributed by atoms with Crippen molar-refractivity contribution in [2.45, 2.75) is 36.7 Å². The molecule has 6 unspecified atom stereocenters. The summed E-state index contributed by atoms with van der Waals surface area (Å²) in [6, 6.07) is 0. The van der Waals surface area contributed by atoms with Crippen LogP contribution in [0, 0.1) is 11.8 Å². The number of ether oxygens (including phenoxy) is 1. The van der Waals surface area contributed by atoms with Crippen LogP contribution < -0.4 is 0 Å². The maximum Gasteiger partial charge on any atom is 0.395 e. The fourth-order valence-corrected chi connectivity index (χ4v) is 4.95. The predicted octanol–water partition coefficient (Wildman–Crippen LogP) is 0.679. The summed E-state index contributed by atoms with van der Waals surface area (Å²) in [5.74, 6) is -2.48. The molecule has 0 amide bonds. The van der Waals surface area contributed by atoms with Crippen molar-refractivity contribution in [3.05, 3.63) is 0 Å². The Hall–Kier alpha value is -0.340. The minimum atomic E-state index is -4.57. The van der Waals surface area contributed by atoms with Gasteiger partial charge >= 0.3 is 6.18 Å². The van der Waals surface area contributed by atoms with E-state index in [0.717, 1.165) is 0 Å². The zero-order valence-corrected chi connectivity index (χ0v) is 8.96. The Balaban J connectivity index is 2.11. The summed E-state index contributed by atoms with van der Waals surface area (Å²) >= 11 is 0.